The van der Waals surface area contributed by atoms with Crippen LogP contribution in [-0.2, 0) is 19.4 Å². The van der Waals surface area contributed by atoms with Gasteiger partial charge in [0, 0.05) is 13.1 Å². The minimum Gasteiger partial charge on any atom is -0.480 e. The lowest BCUT2D eigenvalue weighted by molar-refractivity contribution is -0.136. The molecule has 0 aliphatic carbocycles. The predicted octanol–water partition coefficient (Wildman–Crippen LogP) is 0.913. The Labute approximate surface area is 114 Å². The van der Waals surface area contributed by atoms with E-state index in [4.69, 9.17) is 5.11 Å². The molecule has 6 nitrogen and oxygen atoms in total. The molecule has 1 atom stereocenters. The molecule has 7 heteroatoms. The van der Waals surface area contributed by atoms with Crippen LogP contribution in [0.5, 0.6) is 0 Å². The van der Waals surface area contributed by atoms with Crippen molar-refractivity contribution in [3.8, 4) is 0 Å². The maximum Gasteiger partial charge on any atom is 0.321 e. The fraction of sp³-hybridized carbons (Fsp3) is 0.833. The van der Waals surface area contributed by atoms with Gasteiger partial charge in [-0.3, -0.25) is 9.59 Å². The highest BCUT2D eigenvalue weighted by atomic mass is 32.2. The summed E-state index contributed by atoms with van der Waals surface area (Å²) in [6.45, 7) is 6.27. The fourth-order valence-electron chi connectivity index (χ4n) is 1.85. The molecule has 0 saturated carbocycles. The molecule has 0 aromatic rings. The summed E-state index contributed by atoms with van der Waals surface area (Å²) in [4.78, 5) is 24.3. The van der Waals surface area contributed by atoms with Gasteiger partial charge in [0.2, 0.25) is 5.91 Å². The van der Waals surface area contributed by atoms with Crippen LogP contribution in [0.1, 0.15) is 40.0 Å². The first kappa shape index (κ1) is 17.9. The Bertz CT molecular complexity index is 398. The molecule has 0 saturated heterocycles. The minimum atomic E-state index is -3.94. The lowest BCUT2D eigenvalue weighted by atomic mass is 10.3. The first-order valence-corrected chi connectivity index (χ1v) is 8.23. The van der Waals surface area contributed by atoms with E-state index in [-0.39, 0.29) is 6.42 Å². The third-order valence-electron chi connectivity index (χ3n) is 2.74. The molecule has 0 aromatic heterocycles. The zero-order valence-electron chi connectivity index (χ0n) is 11.8. The molecular formula is C12H23NO5S. The van der Waals surface area contributed by atoms with Crippen LogP contribution < -0.4 is 0 Å². The van der Waals surface area contributed by atoms with Crippen molar-refractivity contribution in [1.29, 1.82) is 0 Å². The van der Waals surface area contributed by atoms with Gasteiger partial charge in [-0.25, -0.2) is 8.42 Å². The lowest BCUT2D eigenvalue weighted by Crippen LogP contribution is -2.41. The second-order valence-corrected chi connectivity index (χ2v) is 6.61. The molecule has 112 valence electrons. The molecule has 1 N–H and O–H groups in total. The van der Waals surface area contributed by atoms with E-state index < -0.39 is 32.7 Å². The number of carboxylic acid groups (broad SMARTS) is 1. The van der Waals surface area contributed by atoms with Gasteiger partial charge in [-0.05, 0) is 19.3 Å². The van der Waals surface area contributed by atoms with Crippen LogP contribution in [0, 0.1) is 0 Å². The first-order chi connectivity index (χ1) is 8.80. The molecule has 0 spiro atoms. The summed E-state index contributed by atoms with van der Waals surface area (Å²) in [5.41, 5.74) is 0. The average molecular weight is 293 g/mol. The second-order valence-electron chi connectivity index (χ2n) is 4.42. The van der Waals surface area contributed by atoms with E-state index in [0.717, 1.165) is 12.8 Å². The number of rotatable bonds is 9. The van der Waals surface area contributed by atoms with Crippen molar-refractivity contribution >= 4 is 21.7 Å². The highest BCUT2D eigenvalue weighted by molar-refractivity contribution is 7.93. The fourth-order valence-corrected chi connectivity index (χ4v) is 3.39. The highest BCUT2D eigenvalue weighted by Crippen LogP contribution is 2.09. The summed E-state index contributed by atoms with van der Waals surface area (Å²) in [5, 5.41) is 7.36. The van der Waals surface area contributed by atoms with E-state index in [9.17, 15) is 18.0 Å². The number of hydrogen-bond acceptors (Lipinski definition) is 4. The number of amides is 1. The molecule has 1 amide bonds. The molecule has 1 unspecified atom stereocenters. The molecule has 0 radical (unpaired) electrons. The van der Waals surface area contributed by atoms with Crippen molar-refractivity contribution in [2.24, 2.45) is 0 Å². The Kier molecular flexibility index (Phi) is 7.66. The highest BCUT2D eigenvalue weighted by Gasteiger charge is 2.33. The zero-order chi connectivity index (χ0) is 15.1. The van der Waals surface area contributed by atoms with Crippen molar-refractivity contribution in [3.63, 3.8) is 0 Å². The smallest absolute Gasteiger partial charge is 0.321 e. The van der Waals surface area contributed by atoms with E-state index in [1.807, 2.05) is 13.8 Å². The Balaban J connectivity index is 4.89. The standard InChI is InChI=1S/C12H23NO5S/c1-4-7-13(8-5-2)11(14)9-19(17,18)10(6-3)12(15)16/h10H,4-9H2,1-3H3,(H,15,16). The Morgan fingerprint density at radius 3 is 1.89 bits per heavy atom. The monoisotopic (exact) mass is 293 g/mol. The zero-order valence-corrected chi connectivity index (χ0v) is 12.6. The van der Waals surface area contributed by atoms with Gasteiger partial charge in [0.1, 0.15) is 5.75 Å². The maximum atomic E-state index is 11.9. The van der Waals surface area contributed by atoms with E-state index in [2.05, 4.69) is 0 Å². The maximum absolute atomic E-state index is 11.9. The number of nitrogens with zero attached hydrogens (tertiary/aromatic N) is 1. The van der Waals surface area contributed by atoms with Crippen LogP contribution in [0.2, 0.25) is 0 Å². The van der Waals surface area contributed by atoms with Gasteiger partial charge in [-0.15, -0.1) is 0 Å². The number of carbonyl (C=O) groups excluding carboxylic acids is 1. The van der Waals surface area contributed by atoms with Gasteiger partial charge in [0.15, 0.2) is 15.1 Å². The van der Waals surface area contributed by atoms with E-state index in [1.54, 1.807) is 0 Å². The van der Waals surface area contributed by atoms with E-state index in [1.165, 1.54) is 11.8 Å². The molecule has 0 aromatic carbocycles. The third-order valence-corrected chi connectivity index (χ3v) is 4.80. The van der Waals surface area contributed by atoms with Crippen molar-refractivity contribution < 1.29 is 23.1 Å². The summed E-state index contributed by atoms with van der Waals surface area (Å²) in [6, 6.07) is 0. The van der Waals surface area contributed by atoms with Gasteiger partial charge in [-0.1, -0.05) is 20.8 Å². The van der Waals surface area contributed by atoms with E-state index in [0.29, 0.717) is 13.1 Å². The third kappa shape index (κ3) is 5.59. The summed E-state index contributed by atoms with van der Waals surface area (Å²) in [7, 11) is -3.94. The Morgan fingerprint density at radius 1 is 1.11 bits per heavy atom. The van der Waals surface area contributed by atoms with Gasteiger partial charge >= 0.3 is 5.97 Å². The topological polar surface area (TPSA) is 91.8 Å². The molecule has 0 aliphatic heterocycles. The van der Waals surface area contributed by atoms with Crippen LogP contribution in [0.15, 0.2) is 0 Å². The SMILES string of the molecule is CCCN(CCC)C(=O)CS(=O)(=O)C(CC)C(=O)O. The summed E-state index contributed by atoms with van der Waals surface area (Å²) in [5.74, 6) is -2.63. The van der Waals surface area contributed by atoms with Crippen molar-refractivity contribution in [2.45, 2.75) is 45.3 Å². The van der Waals surface area contributed by atoms with Gasteiger partial charge in [0.05, 0.1) is 0 Å². The van der Waals surface area contributed by atoms with Crippen molar-refractivity contribution in [3.05, 3.63) is 0 Å². The molecular weight excluding hydrogens is 270 g/mol. The normalized spacial score (nSPS) is 13.0. The quantitative estimate of drug-likeness (QED) is 0.682. The largest absolute Gasteiger partial charge is 0.480 e. The number of carbonyl (C=O) groups is 2. The predicted molar refractivity (Wildman–Crippen MR) is 72.7 cm³/mol. The Morgan fingerprint density at radius 2 is 1.58 bits per heavy atom. The molecule has 0 bridgehead atoms. The van der Waals surface area contributed by atoms with Crippen LogP contribution in [0.3, 0.4) is 0 Å². The van der Waals surface area contributed by atoms with Gasteiger partial charge in [0.25, 0.3) is 0 Å². The van der Waals surface area contributed by atoms with Gasteiger partial charge in [-0.2, -0.15) is 0 Å². The number of hydrogen-bond donors (Lipinski definition) is 1. The number of aliphatic carboxylic acids is 1. The minimum absolute atomic E-state index is 0.0352. The number of sulfone groups is 1. The molecule has 0 heterocycles. The number of carboxylic acids is 1. The van der Waals surface area contributed by atoms with Gasteiger partial charge < -0.3 is 10.0 Å². The molecule has 19 heavy (non-hydrogen) atoms. The first-order valence-electron chi connectivity index (χ1n) is 6.52. The molecule has 0 rings (SSSR count). The van der Waals surface area contributed by atoms with E-state index >= 15 is 0 Å². The second kappa shape index (κ2) is 8.14. The average Bonchev–Trinajstić information content (AvgIpc) is 2.27. The lowest BCUT2D eigenvalue weighted by Gasteiger charge is -2.22. The van der Waals surface area contributed by atoms with Crippen molar-refractivity contribution in [1.82, 2.24) is 4.90 Å². The summed E-state index contributed by atoms with van der Waals surface area (Å²) in [6.07, 6.45) is 1.44. The summed E-state index contributed by atoms with van der Waals surface area (Å²) >= 11 is 0. The van der Waals surface area contributed by atoms with Crippen LogP contribution >= 0.6 is 0 Å². The summed E-state index contributed by atoms with van der Waals surface area (Å²) < 4.78 is 23.8. The molecule has 0 fully saturated rings. The van der Waals surface area contributed by atoms with Crippen LogP contribution in [0.25, 0.3) is 0 Å². The van der Waals surface area contributed by atoms with Crippen molar-refractivity contribution in [2.75, 3.05) is 18.8 Å². The van der Waals surface area contributed by atoms with Crippen LogP contribution in [0.4, 0.5) is 0 Å². The van der Waals surface area contributed by atoms with Crippen LogP contribution in [-0.4, -0.2) is 54.4 Å². The Hall–Kier alpha value is -1.11. The molecule has 0 aliphatic rings.